The summed E-state index contributed by atoms with van der Waals surface area (Å²) in [4.78, 5) is 12.3. The van der Waals surface area contributed by atoms with Crippen molar-refractivity contribution in [2.24, 2.45) is 5.41 Å². The van der Waals surface area contributed by atoms with Crippen LogP contribution in [0.1, 0.15) is 12.8 Å². The van der Waals surface area contributed by atoms with Gasteiger partial charge < -0.3 is 10.1 Å². The summed E-state index contributed by atoms with van der Waals surface area (Å²) < 4.78 is 5.19. The van der Waals surface area contributed by atoms with Crippen LogP contribution in [-0.4, -0.2) is 19.1 Å². The Morgan fingerprint density at radius 1 is 1.37 bits per heavy atom. The van der Waals surface area contributed by atoms with Crippen LogP contribution in [0.5, 0.6) is 0 Å². The number of anilines is 1. The Bertz CT molecular complexity index is 534. The predicted molar refractivity (Wildman–Crippen MR) is 73.2 cm³/mol. The smallest absolute Gasteiger partial charge is 0.245 e. The van der Waals surface area contributed by atoms with E-state index in [4.69, 9.17) is 27.9 Å². The number of carbonyl (C=O) groups is 1. The van der Waals surface area contributed by atoms with Gasteiger partial charge in [0.1, 0.15) is 5.41 Å². The van der Waals surface area contributed by atoms with Crippen LogP contribution in [-0.2, 0) is 9.53 Å². The molecular weight excluding hydrogens is 287 g/mol. The second kappa shape index (κ2) is 5.79. The van der Waals surface area contributed by atoms with Gasteiger partial charge in [-0.1, -0.05) is 23.2 Å². The zero-order chi connectivity index (χ0) is 13.9. The molecule has 0 atom stereocenters. The number of hydrogen-bond donors (Lipinski definition) is 1. The number of amides is 1. The number of hydrogen-bond acceptors (Lipinski definition) is 3. The molecule has 1 aliphatic heterocycles. The van der Waals surface area contributed by atoms with Crippen LogP contribution in [0.2, 0.25) is 10.0 Å². The summed E-state index contributed by atoms with van der Waals surface area (Å²) in [7, 11) is 0. The maximum Gasteiger partial charge on any atom is 0.245 e. The van der Waals surface area contributed by atoms with E-state index in [1.54, 1.807) is 18.2 Å². The fourth-order valence-electron chi connectivity index (χ4n) is 1.94. The lowest BCUT2D eigenvalue weighted by molar-refractivity contribution is -0.126. The van der Waals surface area contributed by atoms with Gasteiger partial charge in [0.05, 0.1) is 16.8 Å². The fraction of sp³-hybridized carbons (Fsp3) is 0.385. The van der Waals surface area contributed by atoms with Crippen molar-refractivity contribution >= 4 is 34.8 Å². The number of nitrogens with one attached hydrogen (secondary N) is 1. The summed E-state index contributed by atoms with van der Waals surface area (Å²) in [6.07, 6.45) is 0.779. The summed E-state index contributed by atoms with van der Waals surface area (Å²) in [5.41, 5.74) is -0.585. The highest BCUT2D eigenvalue weighted by Crippen LogP contribution is 2.33. The van der Waals surface area contributed by atoms with Gasteiger partial charge in [-0.25, -0.2) is 0 Å². The first-order valence-corrected chi connectivity index (χ1v) is 6.58. The summed E-state index contributed by atoms with van der Waals surface area (Å²) in [6.45, 7) is 0.824. The largest absolute Gasteiger partial charge is 0.381 e. The predicted octanol–water partition coefficient (Wildman–Crippen LogP) is 3.25. The van der Waals surface area contributed by atoms with Crippen molar-refractivity contribution in [1.29, 1.82) is 5.26 Å². The highest BCUT2D eigenvalue weighted by Gasteiger charge is 2.40. The van der Waals surface area contributed by atoms with E-state index in [9.17, 15) is 10.1 Å². The molecule has 0 saturated carbocycles. The van der Waals surface area contributed by atoms with Crippen LogP contribution in [0.3, 0.4) is 0 Å². The lowest BCUT2D eigenvalue weighted by Gasteiger charge is -2.29. The van der Waals surface area contributed by atoms with Gasteiger partial charge in [0.2, 0.25) is 5.91 Å². The molecule has 1 amide bonds. The Labute approximate surface area is 121 Å². The molecule has 0 aliphatic carbocycles. The van der Waals surface area contributed by atoms with Crippen molar-refractivity contribution in [3.63, 3.8) is 0 Å². The molecule has 0 spiro atoms. The molecule has 4 nitrogen and oxygen atoms in total. The van der Waals surface area contributed by atoms with Crippen molar-refractivity contribution < 1.29 is 9.53 Å². The maximum absolute atomic E-state index is 12.3. The van der Waals surface area contributed by atoms with Crippen LogP contribution >= 0.6 is 23.2 Å². The highest BCUT2D eigenvalue weighted by atomic mass is 35.5. The lowest BCUT2D eigenvalue weighted by Crippen LogP contribution is -2.40. The van der Waals surface area contributed by atoms with E-state index in [1.807, 2.05) is 0 Å². The first-order valence-electron chi connectivity index (χ1n) is 5.83. The molecule has 2 rings (SSSR count). The molecule has 0 unspecified atom stereocenters. The van der Waals surface area contributed by atoms with Gasteiger partial charge in [-0.05, 0) is 31.0 Å². The van der Waals surface area contributed by atoms with E-state index in [2.05, 4.69) is 11.4 Å². The third kappa shape index (κ3) is 3.01. The Hall–Kier alpha value is -1.28. The molecule has 1 saturated heterocycles. The number of ether oxygens (including phenoxy) is 1. The van der Waals surface area contributed by atoms with Gasteiger partial charge in [0.15, 0.2) is 0 Å². The lowest BCUT2D eigenvalue weighted by atomic mass is 9.81. The first-order chi connectivity index (χ1) is 9.07. The quantitative estimate of drug-likeness (QED) is 0.911. The second-order valence-electron chi connectivity index (χ2n) is 4.38. The topological polar surface area (TPSA) is 62.1 Å². The SMILES string of the molecule is N#CC1(C(=O)Nc2ccc(Cl)cc2Cl)CCOCC1. The minimum absolute atomic E-state index is 0.345. The maximum atomic E-state index is 12.3. The third-order valence-electron chi connectivity index (χ3n) is 3.17. The minimum Gasteiger partial charge on any atom is -0.381 e. The highest BCUT2D eigenvalue weighted by molar-refractivity contribution is 6.36. The van der Waals surface area contributed by atoms with Gasteiger partial charge in [0, 0.05) is 18.2 Å². The van der Waals surface area contributed by atoms with E-state index < -0.39 is 5.41 Å². The summed E-state index contributed by atoms with van der Waals surface area (Å²) in [5, 5.41) is 12.8. The molecule has 1 aromatic rings. The molecule has 19 heavy (non-hydrogen) atoms. The van der Waals surface area contributed by atoms with Gasteiger partial charge >= 0.3 is 0 Å². The number of rotatable bonds is 2. The monoisotopic (exact) mass is 298 g/mol. The van der Waals surface area contributed by atoms with Crippen molar-refractivity contribution in [3.8, 4) is 6.07 Å². The average Bonchev–Trinajstić information content (AvgIpc) is 2.42. The fourth-order valence-corrected chi connectivity index (χ4v) is 2.40. The molecule has 100 valence electrons. The molecule has 1 heterocycles. The summed E-state index contributed by atoms with van der Waals surface area (Å²) in [6, 6.07) is 6.90. The molecule has 1 aliphatic rings. The molecule has 0 aromatic heterocycles. The number of benzene rings is 1. The van der Waals surface area contributed by atoms with Crippen LogP contribution in [0.15, 0.2) is 18.2 Å². The van der Waals surface area contributed by atoms with Crippen LogP contribution in [0, 0.1) is 16.7 Å². The number of halogens is 2. The minimum atomic E-state index is -1.04. The van der Waals surface area contributed by atoms with E-state index in [0.29, 0.717) is 41.8 Å². The molecule has 1 fully saturated rings. The van der Waals surface area contributed by atoms with Crippen molar-refractivity contribution in [3.05, 3.63) is 28.2 Å². The van der Waals surface area contributed by atoms with E-state index >= 15 is 0 Å². The molecule has 1 N–H and O–H groups in total. The number of carbonyl (C=O) groups excluding carboxylic acids is 1. The Kier molecular flexibility index (Phi) is 4.31. The normalized spacial score (nSPS) is 17.5. The zero-order valence-corrected chi connectivity index (χ0v) is 11.6. The van der Waals surface area contributed by atoms with Crippen LogP contribution < -0.4 is 5.32 Å². The van der Waals surface area contributed by atoms with Crippen molar-refractivity contribution in [2.75, 3.05) is 18.5 Å². The Balaban J connectivity index is 2.18. The first kappa shape index (κ1) is 14.1. The molecule has 0 bridgehead atoms. The van der Waals surface area contributed by atoms with Gasteiger partial charge in [0.25, 0.3) is 0 Å². The molecule has 6 heteroatoms. The van der Waals surface area contributed by atoms with E-state index in [0.717, 1.165) is 0 Å². The molecular formula is C13H12Cl2N2O2. The second-order valence-corrected chi connectivity index (χ2v) is 5.23. The third-order valence-corrected chi connectivity index (χ3v) is 3.72. The molecule has 0 radical (unpaired) electrons. The Morgan fingerprint density at radius 2 is 2.05 bits per heavy atom. The standard InChI is InChI=1S/C13H12Cl2N2O2/c14-9-1-2-11(10(15)7-9)17-12(18)13(8-16)3-5-19-6-4-13/h1-2,7H,3-6H2,(H,17,18). The van der Waals surface area contributed by atoms with Crippen LogP contribution in [0.4, 0.5) is 5.69 Å². The molecule has 1 aromatic carbocycles. The average molecular weight is 299 g/mol. The number of nitrogens with zero attached hydrogens (tertiary/aromatic N) is 1. The van der Waals surface area contributed by atoms with Gasteiger partial charge in [-0.2, -0.15) is 5.26 Å². The van der Waals surface area contributed by atoms with E-state index in [-0.39, 0.29) is 5.91 Å². The van der Waals surface area contributed by atoms with Gasteiger partial charge in [-0.15, -0.1) is 0 Å². The van der Waals surface area contributed by atoms with Crippen molar-refractivity contribution in [2.45, 2.75) is 12.8 Å². The summed E-state index contributed by atoms with van der Waals surface area (Å²) in [5.74, 6) is -0.345. The summed E-state index contributed by atoms with van der Waals surface area (Å²) >= 11 is 11.8. The van der Waals surface area contributed by atoms with E-state index in [1.165, 1.54) is 0 Å². The van der Waals surface area contributed by atoms with Crippen LogP contribution in [0.25, 0.3) is 0 Å². The van der Waals surface area contributed by atoms with Crippen molar-refractivity contribution in [1.82, 2.24) is 0 Å². The van der Waals surface area contributed by atoms with Gasteiger partial charge in [-0.3, -0.25) is 4.79 Å². The number of nitriles is 1. The Morgan fingerprint density at radius 3 is 2.63 bits per heavy atom. The zero-order valence-electron chi connectivity index (χ0n) is 10.1.